The molecule has 1 aliphatic rings. The topological polar surface area (TPSA) is 44.8 Å². The molecule has 1 aliphatic carbocycles. The van der Waals surface area contributed by atoms with Gasteiger partial charge in [0.15, 0.2) is 11.5 Å². The molecule has 0 heterocycles. The largest absolute Gasteiger partial charge is 0.496 e. The third-order valence-electron chi connectivity index (χ3n) is 5.79. The van der Waals surface area contributed by atoms with Gasteiger partial charge in [0.05, 0.1) is 21.3 Å². The van der Waals surface area contributed by atoms with E-state index in [1.807, 2.05) is 25.1 Å². The van der Waals surface area contributed by atoms with Crippen LogP contribution in [0.15, 0.2) is 36.4 Å². The maximum absolute atomic E-state index is 13.1. The first-order chi connectivity index (χ1) is 13.5. The number of hydrogen-bond acceptors (Lipinski definition) is 4. The zero-order valence-corrected chi connectivity index (χ0v) is 17.3. The number of benzene rings is 2. The van der Waals surface area contributed by atoms with Crippen molar-refractivity contribution in [3.05, 3.63) is 53.1 Å². The number of methoxy groups -OCH3 is 3. The molecule has 0 amide bonds. The molecule has 2 atom stereocenters. The summed E-state index contributed by atoms with van der Waals surface area (Å²) >= 11 is 0. The molecule has 0 bridgehead atoms. The van der Waals surface area contributed by atoms with Gasteiger partial charge in [0, 0.05) is 11.8 Å². The molecule has 0 aromatic heterocycles. The molecule has 0 radical (unpaired) electrons. The van der Waals surface area contributed by atoms with E-state index in [4.69, 9.17) is 14.2 Å². The first kappa shape index (κ1) is 20.2. The average Bonchev–Trinajstić information content (AvgIpc) is 2.72. The van der Waals surface area contributed by atoms with Crippen LogP contribution in [-0.2, 0) is 17.6 Å². The Morgan fingerprint density at radius 1 is 0.786 bits per heavy atom. The Hall–Kier alpha value is -2.49. The SMILES string of the molecule is COc1cc(C[C@@H]2CCC[C@@H](Cc3ccc(OC)c(OC)c3)C2=O)ccc1C. The number of hydrogen-bond donors (Lipinski definition) is 0. The fourth-order valence-electron chi connectivity index (χ4n) is 4.20. The Balaban J connectivity index is 1.70. The van der Waals surface area contributed by atoms with E-state index in [-0.39, 0.29) is 11.8 Å². The number of aryl methyl sites for hydroxylation is 1. The van der Waals surface area contributed by atoms with E-state index in [0.29, 0.717) is 17.3 Å². The van der Waals surface area contributed by atoms with Crippen molar-refractivity contribution >= 4 is 5.78 Å². The zero-order valence-electron chi connectivity index (χ0n) is 17.3. The summed E-state index contributed by atoms with van der Waals surface area (Å²) in [6, 6.07) is 12.2. The lowest BCUT2D eigenvalue weighted by Crippen LogP contribution is -2.31. The van der Waals surface area contributed by atoms with Crippen LogP contribution in [0.4, 0.5) is 0 Å². The molecule has 0 N–H and O–H groups in total. The monoisotopic (exact) mass is 382 g/mol. The van der Waals surface area contributed by atoms with Gasteiger partial charge in [-0.15, -0.1) is 0 Å². The number of Topliss-reactive ketones (excluding diaryl/α,β-unsaturated/α-hetero) is 1. The molecule has 0 unspecified atom stereocenters. The second-order valence-corrected chi connectivity index (χ2v) is 7.63. The molecule has 150 valence electrons. The molecule has 0 spiro atoms. The van der Waals surface area contributed by atoms with Gasteiger partial charge in [-0.05, 0) is 67.5 Å². The lowest BCUT2D eigenvalue weighted by molar-refractivity contribution is -0.129. The van der Waals surface area contributed by atoms with Crippen LogP contribution in [0.3, 0.4) is 0 Å². The minimum atomic E-state index is 0.0733. The van der Waals surface area contributed by atoms with Crippen molar-refractivity contribution in [2.45, 2.75) is 39.0 Å². The lowest BCUT2D eigenvalue weighted by atomic mass is 9.75. The van der Waals surface area contributed by atoms with Crippen LogP contribution >= 0.6 is 0 Å². The van der Waals surface area contributed by atoms with Crippen LogP contribution in [0.5, 0.6) is 17.2 Å². The maximum atomic E-state index is 13.1. The van der Waals surface area contributed by atoms with Crippen molar-refractivity contribution in [2.75, 3.05) is 21.3 Å². The first-order valence-electron chi connectivity index (χ1n) is 9.93. The molecule has 2 aromatic rings. The third kappa shape index (κ3) is 4.49. The van der Waals surface area contributed by atoms with Crippen molar-refractivity contribution in [3.63, 3.8) is 0 Å². The Bertz CT molecular complexity index is 827. The second-order valence-electron chi connectivity index (χ2n) is 7.63. The minimum absolute atomic E-state index is 0.0733. The summed E-state index contributed by atoms with van der Waals surface area (Å²) in [5, 5.41) is 0. The highest BCUT2D eigenvalue weighted by molar-refractivity contribution is 5.84. The Kier molecular flexibility index (Phi) is 6.61. The highest BCUT2D eigenvalue weighted by Crippen LogP contribution is 2.34. The number of rotatable bonds is 7. The molecular weight excluding hydrogens is 352 g/mol. The predicted octanol–water partition coefficient (Wildman–Crippen LogP) is 4.79. The van der Waals surface area contributed by atoms with Gasteiger partial charge in [0.1, 0.15) is 11.5 Å². The summed E-state index contributed by atoms with van der Waals surface area (Å²) in [5.74, 6) is 2.87. The Labute approximate surface area is 167 Å². The van der Waals surface area contributed by atoms with Gasteiger partial charge in [-0.2, -0.15) is 0 Å². The normalized spacial score (nSPS) is 19.4. The van der Waals surface area contributed by atoms with E-state index >= 15 is 0 Å². The van der Waals surface area contributed by atoms with Crippen LogP contribution in [0.2, 0.25) is 0 Å². The predicted molar refractivity (Wildman–Crippen MR) is 111 cm³/mol. The van der Waals surface area contributed by atoms with Crippen LogP contribution in [0.1, 0.15) is 36.0 Å². The van der Waals surface area contributed by atoms with E-state index in [1.54, 1.807) is 21.3 Å². The van der Waals surface area contributed by atoms with Gasteiger partial charge in [0.2, 0.25) is 0 Å². The first-order valence-corrected chi connectivity index (χ1v) is 9.93. The number of carbonyl (C=O) groups is 1. The molecular formula is C24H30O4. The van der Waals surface area contributed by atoms with Crippen LogP contribution in [-0.4, -0.2) is 27.1 Å². The molecule has 4 heteroatoms. The maximum Gasteiger partial charge on any atom is 0.160 e. The van der Waals surface area contributed by atoms with Crippen molar-refractivity contribution in [1.29, 1.82) is 0 Å². The van der Waals surface area contributed by atoms with Crippen molar-refractivity contribution < 1.29 is 19.0 Å². The van der Waals surface area contributed by atoms with Gasteiger partial charge >= 0.3 is 0 Å². The van der Waals surface area contributed by atoms with E-state index in [1.165, 1.54) is 5.56 Å². The summed E-state index contributed by atoms with van der Waals surface area (Å²) in [7, 11) is 4.96. The van der Waals surface area contributed by atoms with Gasteiger partial charge in [0.25, 0.3) is 0 Å². The van der Waals surface area contributed by atoms with E-state index < -0.39 is 0 Å². The van der Waals surface area contributed by atoms with Crippen molar-refractivity contribution in [3.8, 4) is 17.2 Å². The van der Waals surface area contributed by atoms with Gasteiger partial charge in [-0.25, -0.2) is 0 Å². The van der Waals surface area contributed by atoms with E-state index in [0.717, 1.165) is 49.0 Å². The van der Waals surface area contributed by atoms with E-state index in [9.17, 15) is 4.79 Å². The van der Waals surface area contributed by atoms with Crippen molar-refractivity contribution in [1.82, 2.24) is 0 Å². The summed E-state index contributed by atoms with van der Waals surface area (Å²) in [4.78, 5) is 13.1. The van der Waals surface area contributed by atoms with Crippen molar-refractivity contribution in [2.24, 2.45) is 11.8 Å². The number of ketones is 1. The molecule has 0 saturated heterocycles. The molecule has 3 rings (SSSR count). The summed E-state index contributed by atoms with van der Waals surface area (Å²) < 4.78 is 16.1. The average molecular weight is 383 g/mol. The highest BCUT2D eigenvalue weighted by atomic mass is 16.5. The third-order valence-corrected chi connectivity index (χ3v) is 5.79. The van der Waals surface area contributed by atoms with Crippen LogP contribution in [0.25, 0.3) is 0 Å². The van der Waals surface area contributed by atoms with Crippen LogP contribution in [0, 0.1) is 18.8 Å². The molecule has 1 saturated carbocycles. The summed E-state index contributed by atoms with van der Waals surface area (Å²) in [6.07, 6.45) is 4.57. The minimum Gasteiger partial charge on any atom is -0.496 e. The fourth-order valence-corrected chi connectivity index (χ4v) is 4.20. The number of carbonyl (C=O) groups excluding carboxylic acids is 1. The number of ether oxygens (including phenoxy) is 3. The molecule has 1 fully saturated rings. The van der Waals surface area contributed by atoms with Gasteiger partial charge in [-0.1, -0.05) is 24.6 Å². The molecule has 4 nitrogen and oxygen atoms in total. The molecule has 0 aliphatic heterocycles. The Morgan fingerprint density at radius 3 is 1.89 bits per heavy atom. The summed E-state index contributed by atoms with van der Waals surface area (Å²) in [6.45, 7) is 2.04. The standard InChI is InChI=1S/C24H30O4/c1-16-8-9-17(14-22(16)27-3)12-19-6-5-7-20(24(19)25)13-18-10-11-21(26-2)23(15-18)28-4/h8-11,14-15,19-20H,5-7,12-13H2,1-4H3/t19-,20-/m0/s1. The fraction of sp³-hybridized carbons (Fsp3) is 0.458. The quantitative estimate of drug-likeness (QED) is 0.691. The summed E-state index contributed by atoms with van der Waals surface area (Å²) in [5.41, 5.74) is 3.41. The van der Waals surface area contributed by atoms with E-state index in [2.05, 4.69) is 18.2 Å². The molecule has 2 aromatic carbocycles. The highest BCUT2D eigenvalue weighted by Gasteiger charge is 2.31. The zero-order chi connectivity index (χ0) is 20.1. The van der Waals surface area contributed by atoms with Gasteiger partial charge in [-0.3, -0.25) is 4.79 Å². The van der Waals surface area contributed by atoms with Gasteiger partial charge < -0.3 is 14.2 Å². The second kappa shape index (κ2) is 9.13. The van der Waals surface area contributed by atoms with Crippen LogP contribution < -0.4 is 14.2 Å². The lowest BCUT2D eigenvalue weighted by Gasteiger charge is -2.28. The molecule has 28 heavy (non-hydrogen) atoms. The smallest absolute Gasteiger partial charge is 0.160 e. The Morgan fingerprint density at radius 2 is 1.32 bits per heavy atom.